The highest BCUT2D eigenvalue weighted by Gasteiger charge is 2.25. The maximum Gasteiger partial charge on any atom is 0.161 e. The normalized spacial score (nSPS) is 23.8. The third-order valence-corrected chi connectivity index (χ3v) is 6.17. The summed E-state index contributed by atoms with van der Waals surface area (Å²) >= 11 is 0. The molecular weight excluding hydrogens is 408 g/mol. The predicted octanol–water partition coefficient (Wildman–Crippen LogP) is 4.61. The molecule has 0 aromatic heterocycles. The maximum atomic E-state index is 5.86. The van der Waals surface area contributed by atoms with Crippen LogP contribution in [0.2, 0.25) is 0 Å². The van der Waals surface area contributed by atoms with Gasteiger partial charge < -0.3 is 28.4 Å². The van der Waals surface area contributed by atoms with Crippen molar-refractivity contribution in [3.8, 4) is 23.0 Å². The number of ether oxygens (including phenoxy) is 6. The maximum absolute atomic E-state index is 5.86. The minimum atomic E-state index is 0.219. The Kier molecular flexibility index (Phi) is 6.23. The van der Waals surface area contributed by atoms with Gasteiger partial charge in [0.15, 0.2) is 23.0 Å². The fraction of sp³-hybridized carbons (Fsp3) is 0.462. The van der Waals surface area contributed by atoms with Crippen molar-refractivity contribution in [1.82, 2.24) is 0 Å². The Labute approximate surface area is 189 Å². The largest absolute Gasteiger partial charge is 0.493 e. The Morgan fingerprint density at radius 3 is 2.06 bits per heavy atom. The Morgan fingerprint density at radius 1 is 0.812 bits per heavy atom. The summed E-state index contributed by atoms with van der Waals surface area (Å²) in [4.78, 5) is 0. The first-order valence-corrected chi connectivity index (χ1v) is 11.3. The van der Waals surface area contributed by atoms with Crippen LogP contribution in [0.15, 0.2) is 42.5 Å². The molecule has 2 saturated heterocycles. The van der Waals surface area contributed by atoms with Gasteiger partial charge in [-0.3, -0.25) is 0 Å². The van der Waals surface area contributed by atoms with Gasteiger partial charge in [-0.15, -0.1) is 0 Å². The first kappa shape index (κ1) is 21.2. The molecule has 3 unspecified atom stereocenters. The van der Waals surface area contributed by atoms with Gasteiger partial charge in [-0.2, -0.15) is 0 Å². The van der Waals surface area contributed by atoms with E-state index < -0.39 is 0 Å². The predicted molar refractivity (Wildman–Crippen MR) is 121 cm³/mol. The quantitative estimate of drug-likeness (QED) is 0.505. The highest BCUT2D eigenvalue weighted by atomic mass is 16.6. The van der Waals surface area contributed by atoms with Gasteiger partial charge in [-0.1, -0.05) is 18.2 Å². The zero-order valence-electron chi connectivity index (χ0n) is 18.7. The van der Waals surface area contributed by atoms with Crippen molar-refractivity contribution in [2.75, 3.05) is 40.6 Å². The Balaban J connectivity index is 1.33. The van der Waals surface area contributed by atoms with Gasteiger partial charge in [0.1, 0.15) is 25.4 Å². The highest BCUT2D eigenvalue weighted by Crippen LogP contribution is 2.40. The standard InChI is InChI=1S/C26H30O6/c1-27-25-11-19(6-8-23(25)31-15-21-13-29-21)17-4-3-5-18(10-17)20-7-9-24(26(12-20)28-2)32-16-22-14-30-22/h6-12,17,21-22H,3-5,13-16H2,1-2H3. The van der Waals surface area contributed by atoms with Crippen LogP contribution in [0.1, 0.15) is 36.3 Å². The third-order valence-electron chi connectivity index (χ3n) is 6.17. The lowest BCUT2D eigenvalue weighted by molar-refractivity contribution is 0.252. The number of rotatable bonds is 10. The van der Waals surface area contributed by atoms with Gasteiger partial charge in [-0.05, 0) is 60.2 Å². The molecule has 2 aromatic carbocycles. The smallest absolute Gasteiger partial charge is 0.161 e. The van der Waals surface area contributed by atoms with E-state index in [2.05, 4.69) is 30.3 Å². The number of hydrogen-bond donors (Lipinski definition) is 0. The van der Waals surface area contributed by atoms with Crippen molar-refractivity contribution < 1.29 is 28.4 Å². The first-order chi connectivity index (χ1) is 15.7. The fourth-order valence-corrected chi connectivity index (χ4v) is 4.14. The molecular formula is C26H30O6. The molecule has 0 saturated carbocycles. The molecule has 1 aliphatic carbocycles. The van der Waals surface area contributed by atoms with Gasteiger partial charge in [0, 0.05) is 5.92 Å². The lowest BCUT2D eigenvalue weighted by Crippen LogP contribution is -2.07. The second-order valence-electron chi connectivity index (χ2n) is 8.50. The minimum Gasteiger partial charge on any atom is -0.493 e. The first-order valence-electron chi connectivity index (χ1n) is 11.3. The second-order valence-corrected chi connectivity index (χ2v) is 8.50. The van der Waals surface area contributed by atoms with Crippen LogP contribution in [0.3, 0.4) is 0 Å². The van der Waals surface area contributed by atoms with E-state index in [1.165, 1.54) is 16.7 Å². The molecule has 5 rings (SSSR count). The summed E-state index contributed by atoms with van der Waals surface area (Å²) in [6.07, 6.45) is 6.12. The van der Waals surface area contributed by atoms with E-state index in [0.717, 1.165) is 55.5 Å². The number of allylic oxidation sites excluding steroid dienone is 2. The Morgan fingerprint density at radius 2 is 1.44 bits per heavy atom. The molecule has 3 aliphatic rings. The second kappa shape index (κ2) is 9.43. The van der Waals surface area contributed by atoms with Crippen molar-refractivity contribution in [1.29, 1.82) is 0 Å². The lowest BCUT2D eigenvalue weighted by atomic mass is 9.83. The van der Waals surface area contributed by atoms with Gasteiger partial charge in [0.2, 0.25) is 0 Å². The topological polar surface area (TPSA) is 62.0 Å². The molecule has 6 nitrogen and oxygen atoms in total. The highest BCUT2D eigenvalue weighted by molar-refractivity contribution is 5.70. The van der Waals surface area contributed by atoms with Crippen LogP contribution in [0.5, 0.6) is 23.0 Å². The number of benzene rings is 2. The molecule has 2 aliphatic heterocycles. The summed E-state index contributed by atoms with van der Waals surface area (Å²) in [5, 5.41) is 0. The van der Waals surface area contributed by atoms with Gasteiger partial charge in [0.05, 0.1) is 27.4 Å². The molecule has 170 valence electrons. The molecule has 2 fully saturated rings. The van der Waals surface area contributed by atoms with Crippen molar-refractivity contribution in [2.24, 2.45) is 0 Å². The number of methoxy groups -OCH3 is 2. The van der Waals surface area contributed by atoms with E-state index in [4.69, 9.17) is 28.4 Å². The zero-order valence-corrected chi connectivity index (χ0v) is 18.7. The van der Waals surface area contributed by atoms with E-state index in [-0.39, 0.29) is 12.2 Å². The minimum absolute atomic E-state index is 0.219. The molecule has 0 spiro atoms. The summed E-state index contributed by atoms with van der Waals surface area (Å²) in [6.45, 7) is 2.69. The van der Waals surface area contributed by atoms with E-state index in [9.17, 15) is 0 Å². The van der Waals surface area contributed by atoms with Crippen molar-refractivity contribution in [3.63, 3.8) is 0 Å². The Hall–Kier alpha value is -2.70. The van der Waals surface area contributed by atoms with Crippen LogP contribution < -0.4 is 18.9 Å². The molecule has 0 bridgehead atoms. The molecule has 2 heterocycles. The summed E-state index contributed by atoms with van der Waals surface area (Å²) in [7, 11) is 3.37. The average molecular weight is 439 g/mol. The summed E-state index contributed by atoms with van der Waals surface area (Å²) in [5.74, 6) is 3.39. The van der Waals surface area contributed by atoms with Crippen LogP contribution in [-0.2, 0) is 9.47 Å². The van der Waals surface area contributed by atoms with Crippen molar-refractivity contribution in [3.05, 3.63) is 53.6 Å². The molecule has 6 heteroatoms. The summed E-state index contributed by atoms with van der Waals surface area (Å²) < 4.78 is 33.4. The number of hydrogen-bond acceptors (Lipinski definition) is 6. The monoisotopic (exact) mass is 438 g/mol. The zero-order chi connectivity index (χ0) is 21.9. The van der Waals surface area contributed by atoms with Crippen LogP contribution in [0.25, 0.3) is 5.57 Å². The van der Waals surface area contributed by atoms with Gasteiger partial charge in [0.25, 0.3) is 0 Å². The fourth-order valence-electron chi connectivity index (χ4n) is 4.14. The van der Waals surface area contributed by atoms with E-state index in [1.54, 1.807) is 14.2 Å². The molecule has 2 aromatic rings. The molecule has 0 radical (unpaired) electrons. The van der Waals surface area contributed by atoms with E-state index in [1.807, 2.05) is 12.1 Å². The average Bonchev–Trinajstić information content (AvgIpc) is 3.76. The van der Waals surface area contributed by atoms with Crippen LogP contribution in [0, 0.1) is 0 Å². The summed E-state index contributed by atoms with van der Waals surface area (Å²) in [5.41, 5.74) is 3.75. The van der Waals surface area contributed by atoms with Crippen molar-refractivity contribution in [2.45, 2.75) is 37.4 Å². The van der Waals surface area contributed by atoms with Crippen LogP contribution in [-0.4, -0.2) is 52.9 Å². The van der Waals surface area contributed by atoms with Gasteiger partial charge >= 0.3 is 0 Å². The van der Waals surface area contributed by atoms with E-state index in [0.29, 0.717) is 19.1 Å². The number of epoxide rings is 2. The molecule has 32 heavy (non-hydrogen) atoms. The Bertz CT molecular complexity index is 976. The van der Waals surface area contributed by atoms with E-state index >= 15 is 0 Å². The molecule has 0 amide bonds. The SMILES string of the molecule is COc1cc(C2=CC(c3ccc(OCC4CO4)c(OC)c3)CCC2)ccc1OCC1CO1. The third kappa shape index (κ3) is 5.03. The van der Waals surface area contributed by atoms with Gasteiger partial charge in [-0.25, -0.2) is 0 Å². The van der Waals surface area contributed by atoms with Crippen molar-refractivity contribution >= 4 is 5.57 Å². The molecule has 0 N–H and O–H groups in total. The molecule has 3 atom stereocenters. The van der Waals surface area contributed by atoms with Crippen LogP contribution in [0.4, 0.5) is 0 Å². The lowest BCUT2D eigenvalue weighted by Gasteiger charge is -2.23. The summed E-state index contributed by atoms with van der Waals surface area (Å²) in [6, 6.07) is 12.5. The van der Waals surface area contributed by atoms with Crippen LogP contribution >= 0.6 is 0 Å².